The van der Waals surface area contributed by atoms with Crippen LogP contribution >= 0.6 is 0 Å². The zero-order chi connectivity index (χ0) is 16.4. The first-order valence-corrected chi connectivity index (χ1v) is 8.96. The molecule has 0 bridgehead atoms. The standard InChI is InChI=1S/C19H25FO3/c1-18-8-7-14-12(13(18)5-6-17(18)22)4-3-11-9-15(21)16(23-20)10-19(11,14)2/h9,12-14,16H,3-8,10H2,1-2H3/t12-,13-,14-,16?,18-,19-/m0/s1. The van der Waals surface area contributed by atoms with E-state index in [1.807, 2.05) is 0 Å². The minimum absolute atomic E-state index is 0.140. The number of carbonyl (C=O) groups excluding carboxylic acids is 2. The zero-order valence-electron chi connectivity index (χ0n) is 13.9. The summed E-state index contributed by atoms with van der Waals surface area (Å²) < 4.78 is 12.8. The number of halogens is 1. The van der Waals surface area contributed by atoms with Crippen molar-refractivity contribution in [3.8, 4) is 0 Å². The van der Waals surface area contributed by atoms with E-state index in [4.69, 9.17) is 0 Å². The molecule has 0 radical (unpaired) electrons. The molecule has 0 aromatic heterocycles. The molecule has 0 aromatic rings. The van der Waals surface area contributed by atoms with Crippen molar-refractivity contribution in [2.24, 2.45) is 28.6 Å². The molecule has 0 saturated heterocycles. The lowest BCUT2D eigenvalue weighted by Gasteiger charge is -2.57. The van der Waals surface area contributed by atoms with Crippen LogP contribution in [0, 0.1) is 28.6 Å². The highest BCUT2D eigenvalue weighted by atomic mass is 19.3. The van der Waals surface area contributed by atoms with E-state index in [9.17, 15) is 14.1 Å². The first-order chi connectivity index (χ1) is 10.9. The maximum absolute atomic E-state index is 12.8. The van der Waals surface area contributed by atoms with Gasteiger partial charge in [-0.2, -0.15) is 4.94 Å². The molecule has 0 heterocycles. The summed E-state index contributed by atoms with van der Waals surface area (Å²) in [4.78, 5) is 28.3. The van der Waals surface area contributed by atoms with Crippen LogP contribution in [0.1, 0.15) is 58.8 Å². The van der Waals surface area contributed by atoms with E-state index in [2.05, 4.69) is 18.8 Å². The van der Waals surface area contributed by atoms with Crippen LogP contribution in [0.4, 0.5) is 4.53 Å². The number of allylic oxidation sites excluding steroid dienone is 1. The van der Waals surface area contributed by atoms with Gasteiger partial charge in [0.15, 0.2) is 11.9 Å². The van der Waals surface area contributed by atoms with E-state index in [-0.39, 0.29) is 16.6 Å². The average Bonchev–Trinajstić information content (AvgIpc) is 2.83. The number of hydrogen-bond donors (Lipinski definition) is 0. The lowest BCUT2D eigenvalue weighted by Crippen LogP contribution is -2.52. The quantitative estimate of drug-likeness (QED) is 0.734. The molecule has 6 atom stereocenters. The molecule has 4 heteroatoms. The van der Waals surface area contributed by atoms with Crippen LogP contribution in [0.15, 0.2) is 11.6 Å². The fourth-order valence-electron chi connectivity index (χ4n) is 6.44. The largest absolute Gasteiger partial charge is 0.299 e. The maximum atomic E-state index is 12.8. The Morgan fingerprint density at radius 3 is 2.57 bits per heavy atom. The van der Waals surface area contributed by atoms with Crippen LogP contribution in [-0.4, -0.2) is 17.7 Å². The summed E-state index contributed by atoms with van der Waals surface area (Å²) >= 11 is 0. The number of carbonyl (C=O) groups is 2. The predicted octanol–water partition coefficient (Wildman–Crippen LogP) is 3.97. The summed E-state index contributed by atoms with van der Waals surface area (Å²) in [5, 5.41) is 0. The Kier molecular flexibility index (Phi) is 3.36. The summed E-state index contributed by atoms with van der Waals surface area (Å²) in [5.41, 5.74) is 0.893. The van der Waals surface area contributed by atoms with Gasteiger partial charge in [-0.1, -0.05) is 19.4 Å². The lowest BCUT2D eigenvalue weighted by molar-refractivity contribution is -0.196. The van der Waals surface area contributed by atoms with Crippen LogP contribution < -0.4 is 0 Å². The fourth-order valence-corrected chi connectivity index (χ4v) is 6.44. The molecule has 0 N–H and O–H groups in total. The van der Waals surface area contributed by atoms with Crippen molar-refractivity contribution in [2.45, 2.75) is 64.9 Å². The maximum Gasteiger partial charge on any atom is 0.188 e. The van der Waals surface area contributed by atoms with Crippen LogP contribution in [0.5, 0.6) is 0 Å². The number of hydrogen-bond acceptors (Lipinski definition) is 3. The molecule has 0 aromatic carbocycles. The number of ketones is 2. The topological polar surface area (TPSA) is 43.4 Å². The molecule has 0 amide bonds. The molecule has 3 fully saturated rings. The van der Waals surface area contributed by atoms with Gasteiger partial charge in [0.05, 0.1) is 0 Å². The molecule has 4 rings (SSSR count). The summed E-state index contributed by atoms with van der Waals surface area (Å²) in [6.45, 7) is 4.35. The highest BCUT2D eigenvalue weighted by molar-refractivity contribution is 5.95. The van der Waals surface area contributed by atoms with Crippen LogP contribution in [0.3, 0.4) is 0 Å². The molecule has 0 spiro atoms. The molecule has 126 valence electrons. The molecule has 0 aliphatic heterocycles. The molecule has 3 nitrogen and oxygen atoms in total. The monoisotopic (exact) mass is 320 g/mol. The van der Waals surface area contributed by atoms with Gasteiger partial charge in [-0.25, -0.2) is 0 Å². The van der Waals surface area contributed by atoms with Crippen molar-refractivity contribution in [1.82, 2.24) is 0 Å². The Hall–Kier alpha value is -1.03. The molecular weight excluding hydrogens is 295 g/mol. The van der Waals surface area contributed by atoms with E-state index in [0.717, 1.165) is 38.5 Å². The third-order valence-corrected chi connectivity index (χ3v) is 7.80. The molecular formula is C19H25FO3. The Balaban J connectivity index is 1.70. The summed E-state index contributed by atoms with van der Waals surface area (Å²) in [5.74, 6) is 1.65. The highest BCUT2D eigenvalue weighted by Crippen LogP contribution is 2.64. The SMILES string of the molecule is C[C@]12CC(OF)C(=O)C=C1CC[C@@H]1[C@@H]2CC[C@]2(C)C(=O)CC[C@@H]12. The third-order valence-electron chi connectivity index (χ3n) is 7.80. The lowest BCUT2D eigenvalue weighted by atomic mass is 9.47. The molecule has 4 aliphatic rings. The third kappa shape index (κ3) is 1.97. The van der Waals surface area contributed by atoms with Crippen molar-refractivity contribution in [3.63, 3.8) is 0 Å². The first kappa shape index (κ1) is 15.5. The van der Waals surface area contributed by atoms with Gasteiger partial charge < -0.3 is 0 Å². The van der Waals surface area contributed by atoms with Gasteiger partial charge in [0, 0.05) is 11.8 Å². The highest BCUT2D eigenvalue weighted by Gasteiger charge is 2.59. The van der Waals surface area contributed by atoms with E-state index < -0.39 is 6.10 Å². The second-order valence-corrected chi connectivity index (χ2v) is 8.60. The Labute approximate surface area is 136 Å². The van der Waals surface area contributed by atoms with E-state index in [1.54, 1.807) is 6.08 Å². The van der Waals surface area contributed by atoms with Crippen LogP contribution in [0.2, 0.25) is 0 Å². The Morgan fingerprint density at radius 2 is 1.83 bits per heavy atom. The van der Waals surface area contributed by atoms with Crippen LogP contribution in [-0.2, 0) is 14.5 Å². The van der Waals surface area contributed by atoms with Crippen molar-refractivity contribution in [1.29, 1.82) is 0 Å². The summed E-state index contributed by atoms with van der Waals surface area (Å²) in [6.07, 6.45) is 6.80. The van der Waals surface area contributed by atoms with Gasteiger partial charge in [0.25, 0.3) is 0 Å². The predicted molar refractivity (Wildman–Crippen MR) is 83.1 cm³/mol. The van der Waals surface area contributed by atoms with E-state index in [0.29, 0.717) is 30.0 Å². The molecule has 3 saturated carbocycles. The van der Waals surface area contributed by atoms with Gasteiger partial charge in [-0.15, -0.1) is 0 Å². The minimum Gasteiger partial charge on any atom is -0.299 e. The average molecular weight is 320 g/mol. The van der Waals surface area contributed by atoms with Crippen molar-refractivity contribution < 1.29 is 19.1 Å². The Morgan fingerprint density at radius 1 is 1.09 bits per heavy atom. The van der Waals surface area contributed by atoms with Gasteiger partial charge >= 0.3 is 0 Å². The first-order valence-electron chi connectivity index (χ1n) is 8.96. The van der Waals surface area contributed by atoms with Gasteiger partial charge in [-0.3, -0.25) is 9.59 Å². The minimum atomic E-state index is -0.943. The molecule has 23 heavy (non-hydrogen) atoms. The van der Waals surface area contributed by atoms with E-state index in [1.165, 1.54) is 5.57 Å². The van der Waals surface area contributed by atoms with E-state index >= 15 is 0 Å². The second-order valence-electron chi connectivity index (χ2n) is 8.60. The molecule has 4 aliphatic carbocycles. The van der Waals surface area contributed by atoms with Gasteiger partial charge in [0.2, 0.25) is 0 Å². The van der Waals surface area contributed by atoms with Gasteiger partial charge in [-0.05, 0) is 72.3 Å². The van der Waals surface area contributed by atoms with Crippen molar-refractivity contribution >= 4 is 11.6 Å². The number of rotatable bonds is 1. The van der Waals surface area contributed by atoms with Gasteiger partial charge in [0.1, 0.15) is 5.78 Å². The van der Waals surface area contributed by atoms with Crippen molar-refractivity contribution in [3.05, 3.63) is 11.6 Å². The normalized spacial score (nSPS) is 49.3. The smallest absolute Gasteiger partial charge is 0.188 e. The zero-order valence-corrected chi connectivity index (χ0v) is 13.9. The number of Topliss-reactive ketones (excluding diaryl/α,β-unsaturated/α-hetero) is 1. The van der Waals surface area contributed by atoms with Crippen LogP contribution in [0.25, 0.3) is 0 Å². The fraction of sp³-hybridized carbons (Fsp3) is 0.789. The summed E-state index contributed by atoms with van der Waals surface area (Å²) in [6, 6.07) is 0. The summed E-state index contributed by atoms with van der Waals surface area (Å²) in [7, 11) is 0. The Bertz CT molecular complexity index is 597. The van der Waals surface area contributed by atoms with Crippen molar-refractivity contribution in [2.75, 3.05) is 0 Å². The molecule has 1 unspecified atom stereocenters. The second kappa shape index (κ2) is 4.98. The number of fused-ring (bicyclic) bond motifs is 5.